The van der Waals surface area contributed by atoms with Crippen molar-refractivity contribution in [1.82, 2.24) is 0 Å². The van der Waals surface area contributed by atoms with Crippen molar-refractivity contribution in [3.8, 4) is 0 Å². The summed E-state index contributed by atoms with van der Waals surface area (Å²) in [7, 11) is 0. The third-order valence-electron chi connectivity index (χ3n) is 6.84. The number of carboxylic acid groups (broad SMARTS) is 1. The van der Waals surface area contributed by atoms with Crippen LogP contribution >= 0.6 is 0 Å². The van der Waals surface area contributed by atoms with Gasteiger partial charge < -0.3 is 5.11 Å². The molecule has 2 heteroatoms. The summed E-state index contributed by atoms with van der Waals surface area (Å²) in [5, 5.41) is 9.41. The number of allylic oxidation sites excluding steroid dienone is 1. The molecule has 24 heavy (non-hydrogen) atoms. The first-order valence-electron chi connectivity index (χ1n) is 10.5. The molecule has 0 aromatic heterocycles. The third-order valence-corrected chi connectivity index (χ3v) is 6.84. The maximum atomic E-state index is 11.4. The third kappa shape index (κ3) is 5.93. The van der Waals surface area contributed by atoms with E-state index in [9.17, 15) is 9.90 Å². The molecular weight excluding hydrogens is 296 g/mol. The first-order chi connectivity index (χ1) is 11.6. The highest BCUT2D eigenvalue weighted by atomic mass is 16.4. The summed E-state index contributed by atoms with van der Waals surface area (Å²) in [5.41, 5.74) is 0. The van der Waals surface area contributed by atoms with E-state index in [1.54, 1.807) is 6.08 Å². The van der Waals surface area contributed by atoms with Crippen LogP contribution in [0.2, 0.25) is 0 Å². The number of carboxylic acids is 1. The van der Waals surface area contributed by atoms with Crippen molar-refractivity contribution in [3.63, 3.8) is 0 Å². The Kier molecular flexibility index (Phi) is 8.35. The van der Waals surface area contributed by atoms with Crippen LogP contribution in [0.4, 0.5) is 0 Å². The van der Waals surface area contributed by atoms with Gasteiger partial charge in [-0.2, -0.15) is 0 Å². The van der Waals surface area contributed by atoms with Gasteiger partial charge in [-0.25, -0.2) is 0 Å². The first kappa shape index (κ1) is 19.5. The quantitative estimate of drug-likeness (QED) is 0.491. The number of hydrogen-bond acceptors (Lipinski definition) is 1. The van der Waals surface area contributed by atoms with Gasteiger partial charge in [0.1, 0.15) is 0 Å². The second kappa shape index (κ2) is 10.3. The second-order valence-electron chi connectivity index (χ2n) is 8.50. The molecule has 0 aromatic rings. The fraction of sp³-hybridized carbons (Fsp3) is 0.864. The fourth-order valence-corrected chi connectivity index (χ4v) is 5.24. The molecule has 0 saturated heterocycles. The zero-order valence-electron chi connectivity index (χ0n) is 15.7. The summed E-state index contributed by atoms with van der Waals surface area (Å²) in [6, 6.07) is 0. The molecule has 138 valence electrons. The van der Waals surface area contributed by atoms with E-state index in [1.165, 1.54) is 64.2 Å². The Morgan fingerprint density at radius 1 is 0.958 bits per heavy atom. The van der Waals surface area contributed by atoms with Gasteiger partial charge in [0.2, 0.25) is 0 Å². The van der Waals surface area contributed by atoms with Crippen LogP contribution in [0.15, 0.2) is 12.7 Å². The average molecular weight is 335 g/mol. The van der Waals surface area contributed by atoms with Crippen molar-refractivity contribution in [2.24, 2.45) is 29.6 Å². The minimum absolute atomic E-state index is 0.197. The van der Waals surface area contributed by atoms with Crippen LogP contribution < -0.4 is 0 Å². The molecule has 1 atom stereocenters. The topological polar surface area (TPSA) is 37.3 Å². The number of rotatable bonds is 9. The lowest BCUT2D eigenvalue weighted by Gasteiger charge is -2.33. The molecule has 2 rings (SSSR count). The van der Waals surface area contributed by atoms with Gasteiger partial charge in [-0.05, 0) is 42.9 Å². The molecule has 0 bridgehead atoms. The zero-order chi connectivity index (χ0) is 17.4. The van der Waals surface area contributed by atoms with Gasteiger partial charge >= 0.3 is 5.97 Å². The normalized spacial score (nSPS) is 32.2. The van der Waals surface area contributed by atoms with E-state index in [1.807, 2.05) is 0 Å². The van der Waals surface area contributed by atoms with Crippen molar-refractivity contribution in [2.75, 3.05) is 0 Å². The molecule has 0 radical (unpaired) electrons. The minimum atomic E-state index is -0.623. The van der Waals surface area contributed by atoms with Crippen molar-refractivity contribution >= 4 is 5.97 Å². The van der Waals surface area contributed by atoms with E-state index in [-0.39, 0.29) is 5.92 Å². The Bertz CT molecular complexity index is 373. The van der Waals surface area contributed by atoms with E-state index in [2.05, 4.69) is 13.5 Å². The maximum Gasteiger partial charge on any atom is 0.307 e. The number of aliphatic carboxylic acids is 1. The fourth-order valence-electron chi connectivity index (χ4n) is 5.24. The lowest BCUT2D eigenvalue weighted by atomic mass is 9.72. The lowest BCUT2D eigenvalue weighted by molar-refractivity contribution is -0.144. The molecular formula is C22H38O2. The molecule has 0 heterocycles. The average Bonchev–Trinajstić information content (AvgIpc) is 2.60. The van der Waals surface area contributed by atoms with Gasteiger partial charge in [-0.3, -0.25) is 4.79 Å². The second-order valence-corrected chi connectivity index (χ2v) is 8.50. The first-order valence-corrected chi connectivity index (χ1v) is 10.5. The molecule has 0 amide bonds. The molecule has 2 fully saturated rings. The van der Waals surface area contributed by atoms with Crippen LogP contribution in [0.5, 0.6) is 0 Å². The highest BCUT2D eigenvalue weighted by Gasteiger charge is 2.31. The Morgan fingerprint density at radius 3 is 1.83 bits per heavy atom. The van der Waals surface area contributed by atoms with Crippen molar-refractivity contribution < 1.29 is 9.90 Å². The van der Waals surface area contributed by atoms with Gasteiger partial charge in [0, 0.05) is 0 Å². The highest BCUT2D eigenvalue weighted by Crippen LogP contribution is 2.39. The summed E-state index contributed by atoms with van der Waals surface area (Å²) < 4.78 is 0. The van der Waals surface area contributed by atoms with E-state index < -0.39 is 5.97 Å². The molecule has 2 aliphatic carbocycles. The van der Waals surface area contributed by atoms with Gasteiger partial charge in [0.05, 0.1) is 5.92 Å². The minimum Gasteiger partial charge on any atom is -0.481 e. The predicted molar refractivity (Wildman–Crippen MR) is 101 cm³/mol. The standard InChI is InChI=1S/C22H38O2/c1-3-5-17-7-9-18(10-8-17)11-12-19-13-15-20(16-14-19)21(6-4-2)22(23)24/h4,17-21H,2-3,5-16H2,1H3,(H,23,24)/t17-,18-,19?,20?,21?. The smallest absolute Gasteiger partial charge is 0.307 e. The molecule has 2 nitrogen and oxygen atoms in total. The summed E-state index contributed by atoms with van der Waals surface area (Å²) in [6.45, 7) is 6.04. The van der Waals surface area contributed by atoms with Gasteiger partial charge in [-0.15, -0.1) is 6.58 Å². The zero-order valence-corrected chi connectivity index (χ0v) is 15.7. The molecule has 1 unspecified atom stereocenters. The molecule has 2 saturated carbocycles. The van der Waals surface area contributed by atoms with Crippen molar-refractivity contribution in [1.29, 1.82) is 0 Å². The van der Waals surface area contributed by atoms with Crippen molar-refractivity contribution in [2.45, 2.75) is 90.4 Å². The van der Waals surface area contributed by atoms with Crippen LogP contribution in [0, 0.1) is 29.6 Å². The molecule has 0 spiro atoms. The number of hydrogen-bond donors (Lipinski definition) is 1. The number of carbonyl (C=O) groups is 1. The Hall–Kier alpha value is -0.790. The summed E-state index contributed by atoms with van der Waals surface area (Å²) >= 11 is 0. The Morgan fingerprint density at radius 2 is 1.42 bits per heavy atom. The van der Waals surface area contributed by atoms with Crippen LogP contribution in [0.1, 0.15) is 90.4 Å². The van der Waals surface area contributed by atoms with Crippen LogP contribution in [0.3, 0.4) is 0 Å². The predicted octanol–water partition coefficient (Wildman–Crippen LogP) is 6.46. The Labute approximate surface area is 149 Å². The van der Waals surface area contributed by atoms with Crippen LogP contribution in [-0.2, 0) is 4.79 Å². The van der Waals surface area contributed by atoms with E-state index >= 15 is 0 Å². The largest absolute Gasteiger partial charge is 0.481 e. The SMILES string of the molecule is C=CCC(C(=O)O)C1CCC(CC[C@H]2CC[C@H](CCC)CC2)CC1. The summed E-state index contributed by atoms with van der Waals surface area (Å²) in [4.78, 5) is 11.4. The van der Waals surface area contributed by atoms with Crippen LogP contribution in [0.25, 0.3) is 0 Å². The molecule has 0 aromatic carbocycles. The van der Waals surface area contributed by atoms with E-state index in [0.717, 1.165) is 30.6 Å². The van der Waals surface area contributed by atoms with E-state index in [4.69, 9.17) is 0 Å². The van der Waals surface area contributed by atoms with Gasteiger partial charge in [0.15, 0.2) is 0 Å². The monoisotopic (exact) mass is 334 g/mol. The van der Waals surface area contributed by atoms with Gasteiger partial charge in [-0.1, -0.05) is 77.2 Å². The summed E-state index contributed by atoms with van der Waals surface area (Å²) in [5.74, 6) is 2.40. The lowest BCUT2D eigenvalue weighted by Crippen LogP contribution is -2.27. The van der Waals surface area contributed by atoms with Crippen LogP contribution in [-0.4, -0.2) is 11.1 Å². The van der Waals surface area contributed by atoms with E-state index in [0.29, 0.717) is 12.3 Å². The summed E-state index contributed by atoms with van der Waals surface area (Å²) in [6.07, 6.45) is 18.6. The highest BCUT2D eigenvalue weighted by molar-refractivity contribution is 5.70. The molecule has 1 N–H and O–H groups in total. The Balaban J connectivity index is 1.65. The molecule has 2 aliphatic rings. The van der Waals surface area contributed by atoms with Gasteiger partial charge in [0.25, 0.3) is 0 Å². The van der Waals surface area contributed by atoms with Crippen molar-refractivity contribution in [3.05, 3.63) is 12.7 Å². The maximum absolute atomic E-state index is 11.4. The molecule has 0 aliphatic heterocycles.